The van der Waals surface area contributed by atoms with Crippen LogP contribution < -0.4 is 4.72 Å². The van der Waals surface area contributed by atoms with E-state index in [-0.39, 0.29) is 29.1 Å². The van der Waals surface area contributed by atoms with Crippen LogP contribution in [0.2, 0.25) is 0 Å². The summed E-state index contributed by atoms with van der Waals surface area (Å²) in [5, 5.41) is 5.81. The van der Waals surface area contributed by atoms with Gasteiger partial charge in [-0.25, -0.2) is 26.5 Å². The molecule has 13 heteroatoms. The van der Waals surface area contributed by atoms with Gasteiger partial charge < -0.3 is 4.42 Å². The Kier molecular flexibility index (Phi) is 5.78. The molecule has 2 aromatic heterocycles. The van der Waals surface area contributed by atoms with E-state index in [1.54, 1.807) is 0 Å². The molecule has 3 heterocycles. The van der Waals surface area contributed by atoms with Crippen LogP contribution in [0.15, 0.2) is 52.9 Å². The van der Waals surface area contributed by atoms with Crippen molar-refractivity contribution in [3.8, 4) is 11.1 Å². The highest BCUT2D eigenvalue weighted by molar-refractivity contribution is 7.91. The highest BCUT2D eigenvalue weighted by atomic mass is 32.2. The van der Waals surface area contributed by atoms with E-state index < -0.39 is 42.2 Å². The summed E-state index contributed by atoms with van der Waals surface area (Å²) in [6.45, 7) is 0. The summed E-state index contributed by atoms with van der Waals surface area (Å²) in [5.74, 6) is -0.757. The van der Waals surface area contributed by atoms with E-state index >= 15 is 0 Å². The predicted octanol–water partition coefficient (Wildman–Crippen LogP) is 2.67. The number of sulfonamides is 1. The number of aromatic nitrogens is 3. The number of nitrogens with one attached hydrogen (secondary N) is 1. The smallest absolute Gasteiger partial charge is 0.241 e. The van der Waals surface area contributed by atoms with Gasteiger partial charge in [0.05, 0.1) is 16.3 Å². The summed E-state index contributed by atoms with van der Waals surface area (Å²) < 4.78 is 59.3. The lowest BCUT2D eigenvalue weighted by Crippen LogP contribution is -2.31. The van der Waals surface area contributed by atoms with Crippen molar-refractivity contribution in [2.75, 3.05) is 6.26 Å². The monoisotopic (exact) mass is 558 g/mol. The van der Waals surface area contributed by atoms with Crippen molar-refractivity contribution in [1.82, 2.24) is 19.9 Å². The van der Waals surface area contributed by atoms with Gasteiger partial charge in [0.25, 0.3) is 0 Å². The fraction of sp³-hybridized carbons (Fsp3) is 0.333. The Hall–Kier alpha value is -3.00. The number of benzene rings is 2. The molecule has 3 atom stereocenters. The van der Waals surface area contributed by atoms with Crippen molar-refractivity contribution in [2.24, 2.45) is 5.92 Å². The van der Waals surface area contributed by atoms with Crippen LogP contribution in [-0.4, -0.2) is 55.3 Å². The van der Waals surface area contributed by atoms with Gasteiger partial charge in [-0.1, -0.05) is 36.4 Å². The van der Waals surface area contributed by atoms with Gasteiger partial charge in [0.1, 0.15) is 10.3 Å². The third-order valence-electron chi connectivity index (χ3n) is 6.56. The van der Waals surface area contributed by atoms with E-state index in [4.69, 9.17) is 4.42 Å². The Balaban J connectivity index is 1.29. The second-order valence-electron chi connectivity index (χ2n) is 9.42. The maximum Gasteiger partial charge on any atom is 0.241 e. The van der Waals surface area contributed by atoms with E-state index in [0.717, 1.165) is 22.1 Å². The summed E-state index contributed by atoms with van der Waals surface area (Å²) in [5.41, 5.74) is 2.65. The molecule has 0 bridgehead atoms. The Labute approximate surface area is 217 Å². The number of carbonyl (C=O) groups excluding carboxylic acids is 1. The summed E-state index contributed by atoms with van der Waals surface area (Å²) >= 11 is 1.22. The van der Waals surface area contributed by atoms with Crippen LogP contribution in [0.4, 0.5) is 0 Å². The predicted molar refractivity (Wildman–Crippen MR) is 137 cm³/mol. The number of nitrogens with zero attached hydrogens (tertiary/aromatic N) is 3. The fourth-order valence-electron chi connectivity index (χ4n) is 4.67. The van der Waals surface area contributed by atoms with E-state index in [1.165, 1.54) is 11.3 Å². The zero-order valence-electron chi connectivity index (χ0n) is 19.6. The largest absolute Gasteiger partial charge is 0.423 e. The van der Waals surface area contributed by atoms with Crippen molar-refractivity contribution in [2.45, 2.75) is 35.8 Å². The van der Waals surface area contributed by atoms with Crippen LogP contribution in [0.5, 0.6) is 0 Å². The lowest BCUT2D eigenvalue weighted by molar-refractivity contribution is -0.119. The van der Waals surface area contributed by atoms with Gasteiger partial charge in [-0.15, -0.1) is 21.5 Å². The molecule has 2 unspecified atom stereocenters. The number of hydrogen-bond acceptors (Lipinski definition) is 10. The van der Waals surface area contributed by atoms with Gasteiger partial charge in [0.2, 0.25) is 21.8 Å². The molecule has 0 amide bonds. The third kappa shape index (κ3) is 4.60. The van der Waals surface area contributed by atoms with Crippen molar-refractivity contribution >= 4 is 47.2 Å². The van der Waals surface area contributed by atoms with Gasteiger partial charge in [-0.3, -0.25) is 4.79 Å². The van der Waals surface area contributed by atoms with E-state index in [9.17, 15) is 21.6 Å². The Morgan fingerprint density at radius 2 is 1.86 bits per heavy atom. The van der Waals surface area contributed by atoms with Gasteiger partial charge in [-0.05, 0) is 42.0 Å². The highest BCUT2D eigenvalue weighted by Crippen LogP contribution is 2.40. The number of sulfone groups is 1. The second-order valence-corrected chi connectivity index (χ2v) is 14.5. The quantitative estimate of drug-likeness (QED) is 0.361. The van der Waals surface area contributed by atoms with Crippen LogP contribution >= 0.6 is 11.3 Å². The van der Waals surface area contributed by atoms with Crippen LogP contribution in [0.25, 0.3) is 21.3 Å². The average molecular weight is 559 g/mol. The summed E-state index contributed by atoms with van der Waals surface area (Å²) in [6, 6.07) is 14.5. The minimum absolute atomic E-state index is 0.0198. The van der Waals surface area contributed by atoms with Crippen LogP contribution in [0, 0.1) is 5.92 Å². The number of thiazole rings is 1. The summed E-state index contributed by atoms with van der Waals surface area (Å²) in [7, 11) is -7.51. The van der Waals surface area contributed by atoms with Crippen molar-refractivity contribution in [3.63, 3.8) is 0 Å². The SMILES string of the molecule is CS(=O)(=O)C(c1nnc(C[C@@H]2NS(=O)(=O)C(C3CC3)C2=O)o1)c1nc2ccc(-c3ccccc3)cc2s1. The summed E-state index contributed by atoms with van der Waals surface area (Å²) in [4.78, 5) is 17.3. The van der Waals surface area contributed by atoms with Crippen LogP contribution in [0.3, 0.4) is 0 Å². The summed E-state index contributed by atoms with van der Waals surface area (Å²) in [6.07, 6.45) is 2.34. The lowest BCUT2D eigenvalue weighted by atomic mass is 10.0. The molecule has 2 aromatic carbocycles. The van der Waals surface area contributed by atoms with E-state index in [1.807, 2.05) is 48.5 Å². The molecule has 1 aliphatic carbocycles. The Morgan fingerprint density at radius 3 is 2.57 bits per heavy atom. The molecule has 1 aliphatic heterocycles. The zero-order valence-corrected chi connectivity index (χ0v) is 22.0. The van der Waals surface area contributed by atoms with E-state index in [2.05, 4.69) is 19.9 Å². The number of Topliss-reactive ketones (excluding diaryl/α,β-unsaturated/α-hetero) is 1. The molecular formula is C24H22N4O6S3. The van der Waals surface area contributed by atoms with Gasteiger partial charge >= 0.3 is 0 Å². The van der Waals surface area contributed by atoms with Gasteiger partial charge in [-0.2, -0.15) is 0 Å². The Morgan fingerprint density at radius 1 is 1.11 bits per heavy atom. The van der Waals surface area contributed by atoms with E-state index in [0.29, 0.717) is 18.4 Å². The molecule has 2 aliphatic rings. The van der Waals surface area contributed by atoms with Crippen LogP contribution in [0.1, 0.15) is 34.9 Å². The van der Waals surface area contributed by atoms with Crippen LogP contribution in [-0.2, 0) is 31.1 Å². The number of carbonyl (C=O) groups is 1. The fourth-order valence-corrected chi connectivity index (χ4v) is 9.20. The van der Waals surface area contributed by atoms with Crippen molar-refractivity contribution in [1.29, 1.82) is 0 Å². The molecule has 0 spiro atoms. The number of rotatable bonds is 7. The molecule has 37 heavy (non-hydrogen) atoms. The first-order valence-electron chi connectivity index (χ1n) is 11.6. The lowest BCUT2D eigenvalue weighted by Gasteiger charge is -2.07. The molecule has 1 N–H and O–H groups in total. The molecule has 10 nitrogen and oxygen atoms in total. The molecule has 6 rings (SSSR count). The zero-order chi connectivity index (χ0) is 25.9. The maximum atomic E-state index is 12.8. The first kappa shape index (κ1) is 24.3. The minimum atomic E-state index is -3.76. The second kappa shape index (κ2) is 8.79. The molecule has 0 radical (unpaired) electrons. The number of fused-ring (bicyclic) bond motifs is 1. The van der Waals surface area contributed by atoms with Crippen molar-refractivity contribution in [3.05, 3.63) is 65.3 Å². The topological polar surface area (TPSA) is 149 Å². The third-order valence-corrected chi connectivity index (χ3v) is 11.0. The molecule has 2 fully saturated rings. The maximum absolute atomic E-state index is 12.8. The normalized spacial score (nSPS) is 22.5. The van der Waals surface area contributed by atoms with Gasteiger partial charge in [0.15, 0.2) is 20.9 Å². The standard InChI is InChI=1S/C24H22N4O6S3/c1-36(30,31)22(24-25-16-10-9-15(11-18(16)35-24)13-5-3-2-4-6-13)23-27-26-19(34-23)12-17-20(29)21(14-7-8-14)37(32,33)28-17/h2-6,9-11,14,17,21-22,28H,7-8,12H2,1H3/t17-,21?,22?/m0/s1. The van der Waals surface area contributed by atoms with Crippen molar-refractivity contribution < 1.29 is 26.0 Å². The highest BCUT2D eigenvalue weighted by Gasteiger charge is 2.53. The number of ketones is 1. The molecular weight excluding hydrogens is 536 g/mol. The molecule has 1 saturated carbocycles. The first-order chi connectivity index (χ1) is 17.6. The molecule has 4 aromatic rings. The molecule has 1 saturated heterocycles. The minimum Gasteiger partial charge on any atom is -0.423 e. The average Bonchev–Trinajstić information content (AvgIpc) is 3.32. The van der Waals surface area contributed by atoms with Gasteiger partial charge in [0, 0.05) is 12.7 Å². The Bertz CT molecular complexity index is 1730. The molecule has 192 valence electrons. The number of hydrogen-bond donors (Lipinski definition) is 1. The first-order valence-corrected chi connectivity index (χ1v) is 15.9.